The zero-order valence-electron chi connectivity index (χ0n) is 16.1. The maximum Gasteiger partial charge on any atom is 0.221 e. The van der Waals surface area contributed by atoms with Gasteiger partial charge in [-0.1, -0.05) is 24.3 Å². The minimum absolute atomic E-state index is 0. The molecule has 0 radical (unpaired) electrons. The highest BCUT2D eigenvalue weighted by Gasteiger charge is 2.17. The molecule has 0 bridgehead atoms. The molecule has 1 aromatic heterocycles. The number of para-hydroxylation sites is 1. The van der Waals surface area contributed by atoms with Crippen LogP contribution in [-0.2, 0) is 0 Å². The van der Waals surface area contributed by atoms with Crippen LogP contribution in [0.1, 0.15) is 0 Å². The average molecular weight is 422 g/mol. The molecule has 3 nitrogen and oxygen atoms in total. The zero-order chi connectivity index (χ0) is 18.3. The Hall–Kier alpha value is -2.59. The highest BCUT2D eigenvalue weighted by atomic mass is 79.9. The molecule has 0 atom stereocenters. The molecule has 4 aromatic rings. The molecule has 0 aliphatic heterocycles. The van der Waals surface area contributed by atoms with Crippen molar-refractivity contribution in [3.8, 4) is 5.69 Å². The predicted octanol–water partition coefficient (Wildman–Crippen LogP) is 1.41. The van der Waals surface area contributed by atoms with E-state index in [0.29, 0.717) is 0 Å². The third kappa shape index (κ3) is 3.50. The molecule has 0 amide bonds. The minimum Gasteiger partial charge on any atom is -1.00 e. The summed E-state index contributed by atoms with van der Waals surface area (Å²) >= 11 is 0. The molecule has 0 fully saturated rings. The van der Waals surface area contributed by atoms with Gasteiger partial charge in [-0.15, -0.1) is 0 Å². The van der Waals surface area contributed by atoms with E-state index in [1.54, 1.807) is 0 Å². The summed E-state index contributed by atoms with van der Waals surface area (Å²) in [5, 5.41) is 3.79. The Labute approximate surface area is 171 Å². The predicted molar refractivity (Wildman–Crippen MR) is 112 cm³/mol. The summed E-state index contributed by atoms with van der Waals surface area (Å²) in [6.07, 6.45) is 2.25. The lowest BCUT2D eigenvalue weighted by atomic mass is 10.0. The van der Waals surface area contributed by atoms with E-state index in [-0.39, 0.29) is 17.0 Å². The average Bonchev–Trinajstić information content (AvgIpc) is 2.67. The van der Waals surface area contributed by atoms with Gasteiger partial charge in [0.05, 0.1) is 5.39 Å². The lowest BCUT2D eigenvalue weighted by Gasteiger charge is -2.15. The third-order valence-corrected chi connectivity index (χ3v) is 4.90. The summed E-state index contributed by atoms with van der Waals surface area (Å²) < 4.78 is 2.30. The Balaban J connectivity index is 0.00000210. The van der Waals surface area contributed by atoms with Gasteiger partial charge in [-0.25, -0.2) is 0 Å². The van der Waals surface area contributed by atoms with Crippen molar-refractivity contribution < 1.29 is 21.5 Å². The Kier molecular flexibility index (Phi) is 5.38. The van der Waals surface area contributed by atoms with Crippen molar-refractivity contribution in [3.05, 3.63) is 72.9 Å². The molecule has 3 aromatic carbocycles. The second-order valence-electron chi connectivity index (χ2n) is 7.10. The lowest BCUT2D eigenvalue weighted by Crippen LogP contribution is -3.00. The van der Waals surface area contributed by atoms with E-state index in [0.717, 1.165) is 0 Å². The summed E-state index contributed by atoms with van der Waals surface area (Å²) in [4.78, 5) is 4.29. The number of fused-ring (bicyclic) bond motifs is 3. The van der Waals surface area contributed by atoms with Gasteiger partial charge in [0.2, 0.25) is 11.2 Å². The van der Waals surface area contributed by atoms with Crippen LogP contribution in [0, 0.1) is 0 Å². The zero-order valence-corrected chi connectivity index (χ0v) is 17.7. The molecular formula is C23H24BrN3. The minimum atomic E-state index is 0. The summed E-state index contributed by atoms with van der Waals surface area (Å²) in [5.41, 5.74) is 4.80. The quantitative estimate of drug-likeness (QED) is 0.365. The van der Waals surface area contributed by atoms with Crippen LogP contribution in [0.25, 0.3) is 27.4 Å². The third-order valence-electron chi connectivity index (χ3n) is 4.90. The molecule has 27 heavy (non-hydrogen) atoms. The van der Waals surface area contributed by atoms with Gasteiger partial charge in [0, 0.05) is 68.5 Å². The normalized spacial score (nSPS) is 10.7. The Morgan fingerprint density at radius 2 is 1.26 bits per heavy atom. The van der Waals surface area contributed by atoms with Gasteiger partial charge < -0.3 is 26.8 Å². The first-order valence-corrected chi connectivity index (χ1v) is 8.87. The maximum atomic E-state index is 2.30. The van der Waals surface area contributed by atoms with E-state index < -0.39 is 0 Å². The Bertz CT molecular complexity index is 1090. The van der Waals surface area contributed by atoms with Crippen LogP contribution < -0.4 is 31.3 Å². The molecule has 0 N–H and O–H groups in total. The summed E-state index contributed by atoms with van der Waals surface area (Å²) in [6, 6.07) is 23.9. The van der Waals surface area contributed by atoms with Crippen LogP contribution in [0.2, 0.25) is 0 Å². The topological polar surface area (TPSA) is 10.4 Å². The molecule has 0 saturated carbocycles. The fraction of sp³-hybridized carbons (Fsp3) is 0.174. The SMILES string of the molecule is CN(C)c1ccc2c(c1)c[n+](-c1ccccc1)c1cc(N(C)C)ccc21.[Br-]. The second-order valence-corrected chi connectivity index (χ2v) is 7.10. The van der Waals surface area contributed by atoms with Crippen molar-refractivity contribution in [1.29, 1.82) is 0 Å². The molecule has 0 aliphatic rings. The Morgan fingerprint density at radius 1 is 0.667 bits per heavy atom. The van der Waals surface area contributed by atoms with Gasteiger partial charge in [-0.3, -0.25) is 0 Å². The van der Waals surface area contributed by atoms with Crippen molar-refractivity contribution in [2.24, 2.45) is 0 Å². The molecule has 4 heteroatoms. The van der Waals surface area contributed by atoms with Crippen molar-refractivity contribution in [2.45, 2.75) is 0 Å². The number of anilines is 2. The summed E-state index contributed by atoms with van der Waals surface area (Å²) in [6.45, 7) is 0. The number of halogens is 1. The molecule has 0 unspecified atom stereocenters. The number of pyridine rings is 1. The van der Waals surface area contributed by atoms with Gasteiger partial charge >= 0.3 is 0 Å². The lowest BCUT2D eigenvalue weighted by molar-refractivity contribution is -0.565. The molecule has 4 rings (SSSR count). The fourth-order valence-electron chi connectivity index (χ4n) is 3.42. The van der Waals surface area contributed by atoms with E-state index in [1.165, 1.54) is 38.7 Å². The van der Waals surface area contributed by atoms with Gasteiger partial charge in [-0.05, 0) is 24.3 Å². The van der Waals surface area contributed by atoms with Gasteiger partial charge in [0.15, 0.2) is 6.20 Å². The van der Waals surface area contributed by atoms with Crippen LogP contribution in [0.4, 0.5) is 11.4 Å². The first-order valence-electron chi connectivity index (χ1n) is 8.87. The van der Waals surface area contributed by atoms with Crippen LogP contribution in [0.3, 0.4) is 0 Å². The van der Waals surface area contributed by atoms with Crippen molar-refractivity contribution >= 4 is 33.1 Å². The molecule has 0 spiro atoms. The van der Waals surface area contributed by atoms with Crippen LogP contribution in [0.15, 0.2) is 72.9 Å². The van der Waals surface area contributed by atoms with Crippen LogP contribution in [0.5, 0.6) is 0 Å². The largest absolute Gasteiger partial charge is 1.00 e. The second kappa shape index (κ2) is 7.57. The van der Waals surface area contributed by atoms with Gasteiger partial charge in [0.1, 0.15) is 0 Å². The number of rotatable bonds is 3. The smallest absolute Gasteiger partial charge is 0.221 e. The summed E-state index contributed by atoms with van der Waals surface area (Å²) in [5.74, 6) is 0. The van der Waals surface area contributed by atoms with Crippen molar-refractivity contribution in [2.75, 3.05) is 38.0 Å². The van der Waals surface area contributed by atoms with E-state index in [1.807, 2.05) is 0 Å². The van der Waals surface area contributed by atoms with Crippen LogP contribution in [-0.4, -0.2) is 28.2 Å². The monoisotopic (exact) mass is 421 g/mol. The van der Waals surface area contributed by atoms with Crippen molar-refractivity contribution in [1.82, 2.24) is 0 Å². The number of benzene rings is 3. The fourth-order valence-corrected chi connectivity index (χ4v) is 3.42. The first kappa shape index (κ1) is 19.2. The number of hydrogen-bond donors (Lipinski definition) is 0. The molecule has 0 aliphatic carbocycles. The van der Waals surface area contributed by atoms with Gasteiger partial charge in [0.25, 0.3) is 0 Å². The number of aromatic nitrogens is 1. The number of nitrogens with zero attached hydrogens (tertiary/aromatic N) is 3. The standard InChI is InChI=1S/C23H24N3.BrH/c1-24(2)19-10-12-21-17(14-19)16-26(18-8-6-5-7-9-18)23-15-20(25(3)4)11-13-22(21)23;/h5-16H,1-4H3;1H/q+1;/p-1. The first-order chi connectivity index (χ1) is 12.5. The Morgan fingerprint density at radius 3 is 1.89 bits per heavy atom. The van der Waals surface area contributed by atoms with Gasteiger partial charge in [-0.2, -0.15) is 4.57 Å². The highest BCUT2D eigenvalue weighted by Crippen LogP contribution is 2.29. The maximum absolute atomic E-state index is 2.30. The molecule has 0 saturated heterocycles. The molecule has 138 valence electrons. The summed E-state index contributed by atoms with van der Waals surface area (Å²) in [7, 11) is 8.32. The van der Waals surface area contributed by atoms with E-state index in [2.05, 4.69) is 115 Å². The van der Waals surface area contributed by atoms with E-state index >= 15 is 0 Å². The van der Waals surface area contributed by atoms with E-state index in [9.17, 15) is 0 Å². The van der Waals surface area contributed by atoms with Crippen molar-refractivity contribution in [3.63, 3.8) is 0 Å². The van der Waals surface area contributed by atoms with Crippen LogP contribution >= 0.6 is 0 Å². The highest BCUT2D eigenvalue weighted by molar-refractivity contribution is 6.05. The number of hydrogen-bond acceptors (Lipinski definition) is 2. The van der Waals surface area contributed by atoms with E-state index in [4.69, 9.17) is 0 Å². The molecule has 1 heterocycles. The molecular weight excluding hydrogens is 398 g/mol.